The highest BCUT2D eigenvalue weighted by Gasteiger charge is 2.53. The number of alkyl halides is 1. The molecule has 9 nitrogen and oxygen atoms in total. The first-order valence-corrected chi connectivity index (χ1v) is 6.00. The quantitative estimate of drug-likeness (QED) is 0.462. The van der Waals surface area contributed by atoms with Crippen LogP contribution < -0.4 is 11.2 Å². The SMILES string of the molecule is [2H]C([2H])(O)[C@@]1(CN=[N+]=[N-])OC(n2ccc(=O)[nH]c2=O)[C@H](F)[C@@H]1C. The molecule has 1 saturated heterocycles. The summed E-state index contributed by atoms with van der Waals surface area (Å²) < 4.78 is 35.7. The van der Waals surface area contributed by atoms with E-state index in [0.717, 1.165) is 16.8 Å². The number of nitrogens with zero attached hydrogens (tertiary/aromatic N) is 4. The van der Waals surface area contributed by atoms with Crippen LogP contribution in [-0.4, -0.2) is 39.5 Å². The minimum absolute atomic E-state index is 0.677. The summed E-state index contributed by atoms with van der Waals surface area (Å²) in [6.45, 7) is -2.45. The molecule has 10 heteroatoms. The fourth-order valence-electron chi connectivity index (χ4n) is 2.21. The van der Waals surface area contributed by atoms with Gasteiger partial charge >= 0.3 is 5.69 Å². The molecule has 1 unspecified atom stereocenters. The molecule has 0 aliphatic carbocycles. The van der Waals surface area contributed by atoms with Crippen molar-refractivity contribution < 1.29 is 17.0 Å². The van der Waals surface area contributed by atoms with Crippen LogP contribution in [0.4, 0.5) is 4.39 Å². The summed E-state index contributed by atoms with van der Waals surface area (Å²) in [6.07, 6.45) is -2.48. The Labute approximate surface area is 120 Å². The molecular weight excluding hydrogens is 285 g/mol. The molecule has 0 amide bonds. The summed E-state index contributed by atoms with van der Waals surface area (Å²) in [5.74, 6) is -1.24. The maximum Gasteiger partial charge on any atom is 0.330 e. The number of nitrogens with one attached hydrogen (secondary N) is 1. The third-order valence-corrected chi connectivity index (χ3v) is 3.50. The van der Waals surface area contributed by atoms with Gasteiger partial charge in [-0.3, -0.25) is 14.3 Å². The van der Waals surface area contributed by atoms with Crippen LogP contribution in [-0.2, 0) is 4.74 Å². The predicted octanol–water partition coefficient (Wildman–Crippen LogP) is 0.0810. The van der Waals surface area contributed by atoms with Gasteiger partial charge in [-0.25, -0.2) is 9.18 Å². The maximum absolute atomic E-state index is 14.6. The van der Waals surface area contributed by atoms with Crippen molar-refractivity contribution in [3.05, 3.63) is 43.5 Å². The largest absolute Gasteiger partial charge is 0.393 e. The minimum atomic E-state index is -3.04. The minimum Gasteiger partial charge on any atom is -0.393 e. The molecule has 114 valence electrons. The molecule has 21 heavy (non-hydrogen) atoms. The van der Waals surface area contributed by atoms with Crippen LogP contribution >= 0.6 is 0 Å². The number of aromatic nitrogens is 2. The number of halogens is 1. The Hall–Kier alpha value is -2.16. The Bertz CT molecular complexity index is 756. The molecule has 2 rings (SSSR count). The zero-order valence-corrected chi connectivity index (χ0v) is 10.9. The van der Waals surface area contributed by atoms with E-state index in [1.54, 1.807) is 0 Å². The summed E-state index contributed by atoms with van der Waals surface area (Å²) in [6, 6.07) is 0.975. The Morgan fingerprint density at radius 3 is 3.05 bits per heavy atom. The molecule has 1 aliphatic heterocycles. The summed E-state index contributed by atoms with van der Waals surface area (Å²) in [5, 5.41) is 13.0. The van der Waals surface area contributed by atoms with Crippen molar-refractivity contribution in [2.24, 2.45) is 11.0 Å². The van der Waals surface area contributed by atoms with Crippen molar-refractivity contribution in [1.82, 2.24) is 9.55 Å². The summed E-state index contributed by atoms with van der Waals surface area (Å²) in [7, 11) is 0. The van der Waals surface area contributed by atoms with Gasteiger partial charge in [-0.1, -0.05) is 12.0 Å². The second-order valence-electron chi connectivity index (χ2n) is 4.65. The van der Waals surface area contributed by atoms with E-state index >= 15 is 0 Å². The fraction of sp³-hybridized carbons (Fsp3) is 0.636. The van der Waals surface area contributed by atoms with Gasteiger partial charge in [0.25, 0.3) is 5.56 Å². The Kier molecular flexibility index (Phi) is 3.40. The molecule has 2 heterocycles. The standard InChI is InChI=1S/C11H14FN5O4/c1-6-8(12)9(17-3-2-7(19)15-10(17)20)21-11(6,5-18)4-14-16-13/h2-3,6,8-9,18H,4-5H2,1H3,(H,15,19,20)/t6-,8+,9?,11+/m0/s1/i5D2. The highest BCUT2D eigenvalue weighted by Crippen LogP contribution is 2.42. The summed E-state index contributed by atoms with van der Waals surface area (Å²) in [4.78, 5) is 27.2. The first-order valence-electron chi connectivity index (χ1n) is 7.00. The molecule has 4 atom stereocenters. The lowest BCUT2D eigenvalue weighted by Gasteiger charge is -2.28. The van der Waals surface area contributed by atoms with E-state index < -0.39 is 48.3 Å². The molecule has 1 aromatic rings. The Morgan fingerprint density at radius 2 is 2.48 bits per heavy atom. The summed E-state index contributed by atoms with van der Waals surface area (Å²) in [5.41, 5.74) is 4.61. The maximum atomic E-state index is 14.6. The third kappa shape index (κ3) is 2.56. The monoisotopic (exact) mass is 301 g/mol. The topological polar surface area (TPSA) is 133 Å². The Balaban J connectivity index is 2.52. The average Bonchev–Trinajstić information content (AvgIpc) is 2.70. The highest BCUT2D eigenvalue weighted by molar-refractivity contribution is 5.01. The van der Waals surface area contributed by atoms with Crippen molar-refractivity contribution in [1.29, 1.82) is 0 Å². The number of azide groups is 1. The van der Waals surface area contributed by atoms with Crippen LogP contribution in [0.1, 0.15) is 15.9 Å². The number of aromatic amines is 1. The van der Waals surface area contributed by atoms with Crippen LogP contribution in [0.15, 0.2) is 27.0 Å². The molecule has 0 spiro atoms. The molecule has 0 saturated carbocycles. The van der Waals surface area contributed by atoms with E-state index in [-0.39, 0.29) is 0 Å². The molecule has 0 bridgehead atoms. The number of hydrogen-bond donors (Lipinski definition) is 2. The predicted molar refractivity (Wildman–Crippen MR) is 69.3 cm³/mol. The molecule has 0 aromatic carbocycles. The van der Waals surface area contributed by atoms with Gasteiger partial charge in [0.15, 0.2) is 12.4 Å². The molecule has 2 N–H and O–H groups in total. The van der Waals surface area contributed by atoms with E-state index in [1.165, 1.54) is 6.92 Å². The number of hydrogen-bond acceptors (Lipinski definition) is 5. The van der Waals surface area contributed by atoms with Gasteiger partial charge in [0, 0.05) is 23.1 Å². The van der Waals surface area contributed by atoms with E-state index in [2.05, 4.69) is 10.0 Å². The van der Waals surface area contributed by atoms with Crippen LogP contribution in [0.3, 0.4) is 0 Å². The first-order chi connectivity index (χ1) is 10.6. The van der Waals surface area contributed by atoms with Crippen molar-refractivity contribution in [3.63, 3.8) is 0 Å². The van der Waals surface area contributed by atoms with Crippen LogP contribution in [0.25, 0.3) is 10.4 Å². The summed E-state index contributed by atoms with van der Waals surface area (Å²) >= 11 is 0. The number of aliphatic hydroxyl groups is 1. The smallest absolute Gasteiger partial charge is 0.330 e. The van der Waals surface area contributed by atoms with E-state index in [0.29, 0.717) is 0 Å². The first kappa shape index (κ1) is 12.6. The van der Waals surface area contributed by atoms with Gasteiger partial charge in [0.2, 0.25) is 0 Å². The van der Waals surface area contributed by atoms with Gasteiger partial charge < -0.3 is 9.84 Å². The molecule has 1 aromatic heterocycles. The van der Waals surface area contributed by atoms with Gasteiger partial charge in [-0.05, 0) is 5.53 Å². The van der Waals surface area contributed by atoms with Crippen molar-refractivity contribution in [2.45, 2.75) is 24.9 Å². The van der Waals surface area contributed by atoms with Gasteiger partial charge in [0.05, 0.1) is 15.8 Å². The third-order valence-electron chi connectivity index (χ3n) is 3.50. The van der Waals surface area contributed by atoms with Gasteiger partial charge in [-0.15, -0.1) is 0 Å². The molecule has 0 radical (unpaired) electrons. The normalized spacial score (nSPS) is 34.0. The lowest BCUT2D eigenvalue weighted by Crippen LogP contribution is -2.43. The number of H-pyrrole nitrogens is 1. The van der Waals surface area contributed by atoms with Crippen molar-refractivity contribution in [3.8, 4) is 0 Å². The van der Waals surface area contributed by atoms with E-state index in [4.69, 9.17) is 13.0 Å². The highest BCUT2D eigenvalue weighted by atomic mass is 19.1. The number of rotatable bonds is 4. The molecular formula is C11H14FN5O4. The zero-order valence-electron chi connectivity index (χ0n) is 12.9. The van der Waals surface area contributed by atoms with E-state index in [1.807, 2.05) is 4.98 Å². The van der Waals surface area contributed by atoms with Gasteiger partial charge in [0.1, 0.15) is 5.60 Å². The molecule has 1 fully saturated rings. The van der Waals surface area contributed by atoms with E-state index in [9.17, 15) is 19.1 Å². The van der Waals surface area contributed by atoms with Crippen LogP contribution in [0.5, 0.6) is 0 Å². The average molecular weight is 301 g/mol. The lowest BCUT2D eigenvalue weighted by atomic mass is 9.88. The second-order valence-corrected chi connectivity index (χ2v) is 4.65. The van der Waals surface area contributed by atoms with Crippen LogP contribution in [0, 0.1) is 5.92 Å². The lowest BCUT2D eigenvalue weighted by molar-refractivity contribution is -0.108. The zero-order chi connectivity index (χ0) is 17.4. The van der Waals surface area contributed by atoms with Crippen molar-refractivity contribution >= 4 is 0 Å². The Morgan fingerprint density at radius 1 is 1.76 bits per heavy atom. The molecule has 1 aliphatic rings. The van der Waals surface area contributed by atoms with Crippen LogP contribution in [0.2, 0.25) is 0 Å². The fourth-order valence-corrected chi connectivity index (χ4v) is 2.21. The number of ether oxygens (including phenoxy) is 1. The second kappa shape index (κ2) is 5.68. The van der Waals surface area contributed by atoms with Crippen molar-refractivity contribution in [2.75, 3.05) is 13.1 Å². The van der Waals surface area contributed by atoms with Gasteiger partial charge in [-0.2, -0.15) is 0 Å².